The number of hydrogen-bond donors (Lipinski definition) is 4. The zero-order chi connectivity index (χ0) is 18.2. The van der Waals surface area contributed by atoms with Gasteiger partial charge in [-0.15, -0.1) is 0 Å². The van der Waals surface area contributed by atoms with Crippen molar-refractivity contribution < 1.29 is 24.9 Å². The van der Waals surface area contributed by atoms with Gasteiger partial charge in [-0.05, 0) is 30.2 Å². The minimum atomic E-state index is -1.32. The van der Waals surface area contributed by atoms with Gasteiger partial charge in [0.15, 0.2) is 0 Å². The van der Waals surface area contributed by atoms with E-state index in [2.05, 4.69) is 5.32 Å². The standard InChI is InChI=1S/C18H20ClNO5/c19-13-6-7-15(21)14(10-13)17(23)16(22)8-9-20-18(24)25-11-12-4-2-1-3-5-12/h1-7,10,16-17,21-23H,8-9,11H2,(H,20,24). The lowest BCUT2D eigenvalue weighted by Crippen LogP contribution is -2.29. The molecule has 0 heterocycles. The second kappa shape index (κ2) is 9.27. The summed E-state index contributed by atoms with van der Waals surface area (Å²) in [4.78, 5) is 11.6. The molecule has 0 spiro atoms. The molecular formula is C18H20ClNO5. The summed E-state index contributed by atoms with van der Waals surface area (Å²) in [7, 11) is 0. The average molecular weight is 366 g/mol. The first-order valence-corrected chi connectivity index (χ1v) is 8.14. The van der Waals surface area contributed by atoms with Crippen molar-refractivity contribution in [2.75, 3.05) is 6.54 Å². The number of carbonyl (C=O) groups is 1. The first-order chi connectivity index (χ1) is 12.0. The molecular weight excluding hydrogens is 346 g/mol. The van der Waals surface area contributed by atoms with Crippen LogP contribution in [-0.2, 0) is 11.3 Å². The molecule has 2 atom stereocenters. The minimum Gasteiger partial charge on any atom is -0.508 e. The van der Waals surface area contributed by atoms with Gasteiger partial charge < -0.3 is 25.4 Å². The highest BCUT2D eigenvalue weighted by atomic mass is 35.5. The first-order valence-electron chi connectivity index (χ1n) is 7.76. The number of hydrogen-bond acceptors (Lipinski definition) is 5. The Morgan fingerprint density at radius 2 is 1.88 bits per heavy atom. The minimum absolute atomic E-state index is 0.0769. The Labute approximate surface area is 150 Å². The average Bonchev–Trinajstić information content (AvgIpc) is 2.62. The molecule has 7 heteroatoms. The second-order valence-corrected chi connectivity index (χ2v) is 5.93. The number of phenolic OH excluding ortho intramolecular Hbond substituents is 1. The van der Waals surface area contributed by atoms with Crippen molar-refractivity contribution >= 4 is 17.7 Å². The number of ether oxygens (including phenoxy) is 1. The lowest BCUT2D eigenvalue weighted by molar-refractivity contribution is 0.0123. The molecule has 134 valence electrons. The molecule has 2 aromatic rings. The fraction of sp³-hybridized carbons (Fsp3) is 0.278. The van der Waals surface area contributed by atoms with Crippen LogP contribution in [0.4, 0.5) is 4.79 Å². The Morgan fingerprint density at radius 1 is 1.16 bits per heavy atom. The van der Waals surface area contributed by atoms with Crippen LogP contribution in [0.25, 0.3) is 0 Å². The molecule has 2 rings (SSSR count). The number of phenols is 1. The Hall–Kier alpha value is -2.28. The van der Waals surface area contributed by atoms with Crippen molar-refractivity contribution in [2.45, 2.75) is 25.2 Å². The molecule has 0 bridgehead atoms. The summed E-state index contributed by atoms with van der Waals surface area (Å²) < 4.78 is 5.04. The molecule has 4 N–H and O–H groups in total. The van der Waals surface area contributed by atoms with E-state index in [-0.39, 0.29) is 30.9 Å². The summed E-state index contributed by atoms with van der Waals surface area (Å²) in [6.07, 6.45) is -3.04. The largest absolute Gasteiger partial charge is 0.508 e. The fourth-order valence-electron chi connectivity index (χ4n) is 2.22. The fourth-order valence-corrected chi connectivity index (χ4v) is 2.40. The Balaban J connectivity index is 1.75. The Bertz CT molecular complexity index is 695. The van der Waals surface area contributed by atoms with Gasteiger partial charge in [-0.25, -0.2) is 4.79 Å². The molecule has 0 fully saturated rings. The van der Waals surface area contributed by atoms with E-state index in [4.69, 9.17) is 16.3 Å². The van der Waals surface area contributed by atoms with Crippen molar-refractivity contribution in [3.05, 3.63) is 64.7 Å². The number of aliphatic hydroxyl groups is 2. The maximum absolute atomic E-state index is 11.6. The summed E-state index contributed by atoms with van der Waals surface area (Å²) in [6, 6.07) is 13.4. The molecule has 2 unspecified atom stereocenters. The predicted octanol–water partition coefficient (Wildman–Crippen LogP) is 2.76. The number of aromatic hydroxyl groups is 1. The van der Waals surface area contributed by atoms with E-state index in [0.29, 0.717) is 5.02 Å². The molecule has 2 aromatic carbocycles. The van der Waals surface area contributed by atoms with Crippen molar-refractivity contribution in [1.82, 2.24) is 5.32 Å². The Kier molecular flexibility index (Phi) is 7.06. The second-order valence-electron chi connectivity index (χ2n) is 5.49. The molecule has 0 aliphatic carbocycles. The maximum atomic E-state index is 11.6. The molecule has 0 saturated heterocycles. The third-order valence-electron chi connectivity index (χ3n) is 3.59. The molecule has 0 aliphatic rings. The quantitative estimate of drug-likeness (QED) is 0.604. The van der Waals surface area contributed by atoms with E-state index in [9.17, 15) is 20.1 Å². The number of rotatable bonds is 7. The van der Waals surface area contributed by atoms with Crippen LogP contribution in [0.2, 0.25) is 5.02 Å². The lowest BCUT2D eigenvalue weighted by Gasteiger charge is -2.19. The highest BCUT2D eigenvalue weighted by Gasteiger charge is 2.21. The molecule has 0 aliphatic heterocycles. The van der Waals surface area contributed by atoms with Gasteiger partial charge in [-0.1, -0.05) is 41.9 Å². The third kappa shape index (κ3) is 5.94. The normalized spacial score (nSPS) is 13.1. The number of carbonyl (C=O) groups excluding carboxylic acids is 1. The zero-order valence-electron chi connectivity index (χ0n) is 13.4. The van der Waals surface area contributed by atoms with Crippen LogP contribution >= 0.6 is 11.6 Å². The maximum Gasteiger partial charge on any atom is 0.407 e. The van der Waals surface area contributed by atoms with Crippen molar-refractivity contribution in [1.29, 1.82) is 0 Å². The van der Waals surface area contributed by atoms with Gasteiger partial charge in [0.1, 0.15) is 18.5 Å². The topological polar surface area (TPSA) is 99.0 Å². The van der Waals surface area contributed by atoms with E-state index >= 15 is 0 Å². The van der Waals surface area contributed by atoms with Crippen LogP contribution in [0, 0.1) is 0 Å². The van der Waals surface area contributed by atoms with Crippen molar-refractivity contribution in [3.63, 3.8) is 0 Å². The van der Waals surface area contributed by atoms with Gasteiger partial charge in [0, 0.05) is 17.1 Å². The van der Waals surface area contributed by atoms with Gasteiger partial charge in [0.05, 0.1) is 6.10 Å². The molecule has 25 heavy (non-hydrogen) atoms. The van der Waals surface area contributed by atoms with Crippen LogP contribution in [0.3, 0.4) is 0 Å². The SMILES string of the molecule is O=C(NCCC(O)C(O)c1cc(Cl)ccc1O)OCc1ccccc1. The summed E-state index contributed by atoms with van der Waals surface area (Å²) in [5, 5.41) is 32.7. The van der Waals surface area contributed by atoms with E-state index in [1.807, 2.05) is 30.3 Å². The number of amides is 1. The number of alkyl carbamates (subject to hydrolysis) is 1. The van der Waals surface area contributed by atoms with E-state index in [0.717, 1.165) is 5.56 Å². The van der Waals surface area contributed by atoms with Crippen LogP contribution in [0.15, 0.2) is 48.5 Å². The summed E-state index contributed by atoms with van der Waals surface area (Å²) in [6.45, 7) is 0.251. The number of benzene rings is 2. The number of nitrogens with one attached hydrogen (secondary N) is 1. The summed E-state index contributed by atoms with van der Waals surface area (Å²) in [5.74, 6) is -0.161. The highest BCUT2D eigenvalue weighted by Crippen LogP contribution is 2.29. The van der Waals surface area contributed by atoms with Crippen molar-refractivity contribution in [2.24, 2.45) is 0 Å². The number of aliphatic hydroxyl groups excluding tert-OH is 2. The molecule has 0 aromatic heterocycles. The highest BCUT2D eigenvalue weighted by molar-refractivity contribution is 6.30. The van der Waals surface area contributed by atoms with Gasteiger partial charge in [-0.3, -0.25) is 0 Å². The van der Waals surface area contributed by atoms with Crippen LogP contribution in [0.5, 0.6) is 5.75 Å². The molecule has 0 radical (unpaired) electrons. The van der Waals surface area contributed by atoms with Crippen LogP contribution < -0.4 is 5.32 Å². The summed E-state index contributed by atoms with van der Waals surface area (Å²) in [5.41, 5.74) is 0.996. The van der Waals surface area contributed by atoms with Crippen molar-refractivity contribution in [3.8, 4) is 5.75 Å². The zero-order valence-corrected chi connectivity index (χ0v) is 14.2. The molecule has 6 nitrogen and oxygen atoms in total. The predicted molar refractivity (Wildman–Crippen MR) is 93.3 cm³/mol. The lowest BCUT2D eigenvalue weighted by atomic mass is 10.0. The van der Waals surface area contributed by atoms with Gasteiger partial charge in [-0.2, -0.15) is 0 Å². The van der Waals surface area contributed by atoms with Crippen LogP contribution in [0.1, 0.15) is 23.7 Å². The smallest absolute Gasteiger partial charge is 0.407 e. The van der Waals surface area contributed by atoms with E-state index < -0.39 is 18.3 Å². The number of halogens is 1. The van der Waals surface area contributed by atoms with Crippen LogP contribution in [-0.4, -0.2) is 34.1 Å². The van der Waals surface area contributed by atoms with E-state index in [1.54, 1.807) is 0 Å². The van der Waals surface area contributed by atoms with E-state index in [1.165, 1.54) is 18.2 Å². The summed E-state index contributed by atoms with van der Waals surface area (Å²) >= 11 is 5.82. The van der Waals surface area contributed by atoms with Gasteiger partial charge in [0.2, 0.25) is 0 Å². The van der Waals surface area contributed by atoms with Gasteiger partial charge in [0.25, 0.3) is 0 Å². The Morgan fingerprint density at radius 3 is 2.60 bits per heavy atom. The third-order valence-corrected chi connectivity index (χ3v) is 3.83. The first kappa shape index (κ1) is 19.1. The monoisotopic (exact) mass is 365 g/mol. The molecule has 1 amide bonds. The van der Waals surface area contributed by atoms with Gasteiger partial charge >= 0.3 is 6.09 Å². The molecule has 0 saturated carbocycles.